The van der Waals surface area contributed by atoms with Crippen molar-refractivity contribution in [1.29, 1.82) is 0 Å². The third kappa shape index (κ3) is 0.650. The first-order valence-electron chi connectivity index (χ1n) is 2.75. The van der Waals surface area contributed by atoms with E-state index in [4.69, 9.17) is 0 Å². The minimum Gasteiger partial charge on any atom is -0.342 e. The van der Waals surface area contributed by atoms with Crippen LogP contribution >= 0.6 is 11.3 Å². The number of nitrogens with one attached hydrogen (secondary N) is 1. The molecule has 3 heteroatoms. The van der Waals surface area contributed by atoms with Crippen molar-refractivity contribution in [3.63, 3.8) is 0 Å². The van der Waals surface area contributed by atoms with Gasteiger partial charge >= 0.3 is 0 Å². The highest BCUT2D eigenvalue weighted by molar-refractivity contribution is 7.09. The molecule has 2 aromatic rings. The van der Waals surface area contributed by atoms with Crippen molar-refractivity contribution in [2.75, 3.05) is 0 Å². The van der Waals surface area contributed by atoms with Crippen molar-refractivity contribution < 1.29 is 0 Å². The Hall–Kier alpha value is -0.830. The lowest BCUT2D eigenvalue weighted by Gasteiger charge is -1.72. The molecule has 2 aromatic heterocycles. The van der Waals surface area contributed by atoms with Crippen LogP contribution in [0, 0.1) is 6.92 Å². The van der Waals surface area contributed by atoms with Crippen molar-refractivity contribution in [1.82, 2.24) is 9.97 Å². The smallest absolute Gasteiger partial charge is 0.104 e. The highest BCUT2D eigenvalue weighted by atomic mass is 32.1. The summed E-state index contributed by atoms with van der Waals surface area (Å²) in [7, 11) is 0. The van der Waals surface area contributed by atoms with E-state index in [1.165, 1.54) is 0 Å². The quantitative estimate of drug-likeness (QED) is 0.592. The summed E-state index contributed by atoms with van der Waals surface area (Å²) in [5.74, 6) is 0.993. The molecule has 1 N–H and O–H groups in total. The molecule has 0 unspecified atom stereocenters. The van der Waals surface area contributed by atoms with Crippen LogP contribution < -0.4 is 0 Å². The van der Waals surface area contributed by atoms with Gasteiger partial charge in [-0.1, -0.05) is 0 Å². The number of nitrogens with zero attached hydrogens (tertiary/aromatic N) is 1. The maximum absolute atomic E-state index is 4.23. The van der Waals surface area contributed by atoms with Crippen LogP contribution in [0.3, 0.4) is 0 Å². The molecule has 0 atom stereocenters. The van der Waals surface area contributed by atoms with Crippen LogP contribution in [0.15, 0.2) is 10.8 Å². The fraction of sp³-hybridized carbons (Fsp3) is 0.167. The Kier molecular flexibility index (Phi) is 0.873. The molecule has 0 radical (unpaired) electrons. The van der Waals surface area contributed by atoms with Crippen LogP contribution in [0.5, 0.6) is 0 Å². The molecule has 0 bridgehead atoms. The van der Waals surface area contributed by atoms with Gasteiger partial charge in [0, 0.05) is 10.8 Å². The van der Waals surface area contributed by atoms with E-state index in [-0.39, 0.29) is 0 Å². The van der Waals surface area contributed by atoms with Gasteiger partial charge in [-0.25, -0.2) is 4.98 Å². The van der Waals surface area contributed by atoms with Crippen molar-refractivity contribution >= 4 is 22.4 Å². The Bertz CT molecular complexity index is 292. The van der Waals surface area contributed by atoms with Crippen molar-refractivity contribution in [3.05, 3.63) is 16.6 Å². The highest BCUT2D eigenvalue weighted by Gasteiger charge is 1.96. The molecule has 0 aliphatic heterocycles. The maximum Gasteiger partial charge on any atom is 0.104 e. The number of imidazole rings is 1. The summed E-state index contributed by atoms with van der Waals surface area (Å²) in [6.07, 6.45) is 0. The average molecular weight is 138 g/mol. The molecule has 0 fully saturated rings. The number of hydrogen-bond donors (Lipinski definition) is 1. The van der Waals surface area contributed by atoms with E-state index in [1.54, 1.807) is 11.3 Å². The molecule has 0 aliphatic carbocycles. The third-order valence-corrected chi connectivity index (χ3v) is 1.98. The van der Waals surface area contributed by atoms with Crippen LogP contribution in [-0.4, -0.2) is 9.97 Å². The minimum absolute atomic E-state index is 0.993. The standard InChI is InChI=1S/C6H6N2S/c1-4-7-5-2-9-3-6(5)8-4/h2-3H,1H3,(H,7,8). The number of aryl methyl sites for hydroxylation is 1. The highest BCUT2D eigenvalue weighted by Crippen LogP contribution is 2.14. The normalized spacial score (nSPS) is 10.8. The number of fused-ring (bicyclic) bond motifs is 1. The molecule has 0 amide bonds. The second-order valence-corrected chi connectivity index (χ2v) is 2.74. The van der Waals surface area contributed by atoms with E-state index < -0.39 is 0 Å². The lowest BCUT2D eigenvalue weighted by atomic mass is 10.5. The summed E-state index contributed by atoms with van der Waals surface area (Å²) in [5.41, 5.74) is 2.23. The largest absolute Gasteiger partial charge is 0.342 e. The zero-order valence-corrected chi connectivity index (χ0v) is 5.83. The predicted molar refractivity (Wildman–Crippen MR) is 38.7 cm³/mol. The molecule has 0 aromatic carbocycles. The van der Waals surface area contributed by atoms with Crippen LogP contribution in [0.1, 0.15) is 5.82 Å². The van der Waals surface area contributed by atoms with Crippen molar-refractivity contribution in [3.8, 4) is 0 Å². The van der Waals surface area contributed by atoms with Crippen molar-refractivity contribution in [2.24, 2.45) is 0 Å². The molecule has 2 heterocycles. The number of aromatic amines is 1. The van der Waals surface area contributed by atoms with Crippen LogP contribution in [0.2, 0.25) is 0 Å². The van der Waals surface area contributed by atoms with Gasteiger partial charge in [-0.15, -0.1) is 11.3 Å². The predicted octanol–water partition coefficient (Wildman–Crippen LogP) is 1.93. The Balaban J connectivity index is 2.92. The number of hydrogen-bond acceptors (Lipinski definition) is 2. The van der Waals surface area contributed by atoms with E-state index in [0.717, 1.165) is 16.9 Å². The van der Waals surface area contributed by atoms with Gasteiger partial charge in [-0.2, -0.15) is 0 Å². The molecule has 46 valence electrons. The third-order valence-electron chi connectivity index (χ3n) is 1.25. The Morgan fingerprint density at radius 1 is 1.56 bits per heavy atom. The molecule has 0 saturated heterocycles. The van der Waals surface area contributed by atoms with E-state index >= 15 is 0 Å². The monoisotopic (exact) mass is 138 g/mol. The minimum atomic E-state index is 0.993. The number of aromatic nitrogens is 2. The fourth-order valence-corrected chi connectivity index (χ4v) is 1.57. The van der Waals surface area contributed by atoms with E-state index in [1.807, 2.05) is 12.3 Å². The topological polar surface area (TPSA) is 28.7 Å². The Morgan fingerprint density at radius 2 is 2.44 bits per heavy atom. The molecule has 9 heavy (non-hydrogen) atoms. The lowest BCUT2D eigenvalue weighted by molar-refractivity contribution is 1.17. The van der Waals surface area contributed by atoms with Gasteiger partial charge in [0.1, 0.15) is 5.82 Å². The number of H-pyrrole nitrogens is 1. The van der Waals surface area contributed by atoms with E-state index in [9.17, 15) is 0 Å². The molecule has 0 aliphatic rings. The van der Waals surface area contributed by atoms with Crippen molar-refractivity contribution in [2.45, 2.75) is 6.92 Å². The van der Waals surface area contributed by atoms with E-state index in [2.05, 4.69) is 15.3 Å². The summed E-state index contributed by atoms with van der Waals surface area (Å²) in [6.45, 7) is 1.96. The second-order valence-electron chi connectivity index (χ2n) is 1.99. The zero-order chi connectivity index (χ0) is 6.27. The summed E-state index contributed by atoms with van der Waals surface area (Å²) < 4.78 is 0. The Labute approximate surface area is 56.5 Å². The second kappa shape index (κ2) is 1.57. The van der Waals surface area contributed by atoms with Gasteiger partial charge in [-0.3, -0.25) is 0 Å². The first-order chi connectivity index (χ1) is 4.36. The van der Waals surface area contributed by atoms with Gasteiger partial charge < -0.3 is 4.98 Å². The first-order valence-corrected chi connectivity index (χ1v) is 3.69. The summed E-state index contributed by atoms with van der Waals surface area (Å²) >= 11 is 1.67. The van der Waals surface area contributed by atoms with E-state index in [0.29, 0.717) is 0 Å². The Morgan fingerprint density at radius 3 is 3.22 bits per heavy atom. The van der Waals surface area contributed by atoms with Crippen LogP contribution in [0.25, 0.3) is 11.0 Å². The molecular weight excluding hydrogens is 132 g/mol. The molecule has 2 nitrogen and oxygen atoms in total. The molecule has 2 rings (SSSR count). The molecular formula is C6H6N2S. The SMILES string of the molecule is Cc1nc2cscc2[nH]1. The van der Waals surface area contributed by atoms with Crippen LogP contribution in [0.4, 0.5) is 0 Å². The van der Waals surface area contributed by atoms with Crippen LogP contribution in [-0.2, 0) is 0 Å². The summed E-state index contributed by atoms with van der Waals surface area (Å²) in [5, 5.41) is 4.11. The van der Waals surface area contributed by atoms with Gasteiger partial charge in [-0.05, 0) is 6.92 Å². The number of thiophene rings is 1. The first kappa shape index (κ1) is 4.99. The molecule has 0 saturated carbocycles. The van der Waals surface area contributed by atoms with Gasteiger partial charge in [0.2, 0.25) is 0 Å². The van der Waals surface area contributed by atoms with Gasteiger partial charge in [0.25, 0.3) is 0 Å². The summed E-state index contributed by atoms with van der Waals surface area (Å²) in [4.78, 5) is 7.37. The maximum atomic E-state index is 4.23. The van der Waals surface area contributed by atoms with Gasteiger partial charge in [0.05, 0.1) is 11.0 Å². The lowest BCUT2D eigenvalue weighted by Crippen LogP contribution is -1.68. The fourth-order valence-electron chi connectivity index (χ4n) is 0.874. The zero-order valence-electron chi connectivity index (χ0n) is 5.01. The average Bonchev–Trinajstić information content (AvgIpc) is 2.22. The number of rotatable bonds is 0. The molecule has 0 spiro atoms. The summed E-state index contributed by atoms with van der Waals surface area (Å²) in [6, 6.07) is 0. The van der Waals surface area contributed by atoms with Gasteiger partial charge in [0.15, 0.2) is 0 Å².